The highest BCUT2D eigenvalue weighted by Gasteiger charge is 2.25. The van der Waals surface area contributed by atoms with E-state index in [1.165, 1.54) is 0 Å². The third kappa shape index (κ3) is 4.49. The molecule has 0 atom stereocenters. The Labute approximate surface area is 163 Å². The summed E-state index contributed by atoms with van der Waals surface area (Å²) in [5.41, 5.74) is 2.04. The first-order chi connectivity index (χ1) is 13.7. The van der Waals surface area contributed by atoms with Gasteiger partial charge in [0.1, 0.15) is 11.5 Å². The van der Waals surface area contributed by atoms with Crippen molar-refractivity contribution in [3.05, 3.63) is 78.1 Å². The van der Waals surface area contributed by atoms with Crippen LogP contribution in [0.3, 0.4) is 0 Å². The summed E-state index contributed by atoms with van der Waals surface area (Å²) in [6.07, 6.45) is 2.82. The number of benzene rings is 2. The second-order valence-corrected chi connectivity index (χ2v) is 6.97. The Balaban J connectivity index is 1.35. The molecule has 5 nitrogen and oxygen atoms in total. The fourth-order valence-electron chi connectivity index (χ4n) is 3.00. The van der Waals surface area contributed by atoms with Crippen LogP contribution >= 0.6 is 0 Å². The van der Waals surface area contributed by atoms with E-state index in [2.05, 4.69) is 10.6 Å². The van der Waals surface area contributed by atoms with E-state index in [-0.39, 0.29) is 24.3 Å². The van der Waals surface area contributed by atoms with Gasteiger partial charge in [0.15, 0.2) is 0 Å². The van der Waals surface area contributed by atoms with Gasteiger partial charge < -0.3 is 15.1 Å². The van der Waals surface area contributed by atoms with E-state index in [9.17, 15) is 9.59 Å². The molecule has 1 aromatic heterocycles. The first-order valence-electron chi connectivity index (χ1n) is 9.53. The quantitative estimate of drug-likeness (QED) is 0.643. The number of carbonyl (C=O) groups excluding carboxylic acids is 2. The molecule has 1 heterocycles. The van der Waals surface area contributed by atoms with Crippen molar-refractivity contribution in [3.63, 3.8) is 0 Å². The zero-order chi connectivity index (χ0) is 19.3. The van der Waals surface area contributed by atoms with Crippen molar-refractivity contribution < 1.29 is 14.0 Å². The van der Waals surface area contributed by atoms with Crippen molar-refractivity contribution in [2.75, 3.05) is 5.32 Å². The van der Waals surface area contributed by atoms with E-state index in [1.54, 1.807) is 18.2 Å². The molecule has 0 saturated heterocycles. The number of anilines is 1. The molecule has 4 rings (SSSR count). The molecule has 142 valence electrons. The van der Waals surface area contributed by atoms with E-state index in [4.69, 9.17) is 4.42 Å². The second-order valence-electron chi connectivity index (χ2n) is 6.97. The second kappa shape index (κ2) is 8.13. The van der Waals surface area contributed by atoms with Crippen molar-refractivity contribution in [2.45, 2.75) is 31.7 Å². The van der Waals surface area contributed by atoms with Gasteiger partial charge in [-0.3, -0.25) is 9.59 Å². The zero-order valence-corrected chi connectivity index (χ0v) is 15.5. The van der Waals surface area contributed by atoms with Crippen molar-refractivity contribution in [2.24, 2.45) is 0 Å². The van der Waals surface area contributed by atoms with Crippen LogP contribution in [0.2, 0.25) is 0 Å². The molecule has 0 unspecified atom stereocenters. The van der Waals surface area contributed by atoms with Crippen LogP contribution in [-0.2, 0) is 11.2 Å². The van der Waals surface area contributed by atoms with Gasteiger partial charge in [-0.15, -0.1) is 0 Å². The van der Waals surface area contributed by atoms with Gasteiger partial charge in [-0.1, -0.05) is 42.5 Å². The summed E-state index contributed by atoms with van der Waals surface area (Å²) in [5.74, 6) is 1.26. The molecule has 1 aliphatic rings. The van der Waals surface area contributed by atoms with Gasteiger partial charge in [0.05, 0.1) is 11.3 Å². The van der Waals surface area contributed by atoms with E-state index >= 15 is 0 Å². The molecular formula is C23H22N2O3. The smallest absolute Gasteiger partial charge is 0.253 e. The maximum absolute atomic E-state index is 12.4. The van der Waals surface area contributed by atoms with Crippen LogP contribution in [0, 0.1) is 0 Å². The van der Waals surface area contributed by atoms with E-state index in [0.29, 0.717) is 17.7 Å². The maximum Gasteiger partial charge on any atom is 0.253 e. The summed E-state index contributed by atoms with van der Waals surface area (Å²) < 4.78 is 5.84. The molecule has 2 amide bonds. The Morgan fingerprint density at radius 3 is 2.46 bits per heavy atom. The van der Waals surface area contributed by atoms with Crippen LogP contribution < -0.4 is 10.6 Å². The predicted molar refractivity (Wildman–Crippen MR) is 108 cm³/mol. The van der Waals surface area contributed by atoms with Crippen LogP contribution in [0.5, 0.6) is 0 Å². The normalized spacial score (nSPS) is 13.1. The largest absolute Gasteiger partial charge is 0.461 e. The number of carbonyl (C=O) groups is 2. The Morgan fingerprint density at radius 1 is 0.929 bits per heavy atom. The van der Waals surface area contributed by atoms with Crippen LogP contribution in [0.25, 0.3) is 11.3 Å². The molecule has 1 saturated carbocycles. The minimum Gasteiger partial charge on any atom is -0.461 e. The number of nitrogens with one attached hydrogen (secondary N) is 2. The number of rotatable bonds is 7. The van der Waals surface area contributed by atoms with E-state index in [0.717, 1.165) is 29.9 Å². The number of aryl methyl sites for hydroxylation is 1. The van der Waals surface area contributed by atoms with Gasteiger partial charge in [0, 0.05) is 24.4 Å². The fraction of sp³-hybridized carbons (Fsp3) is 0.217. The van der Waals surface area contributed by atoms with Gasteiger partial charge in [0.25, 0.3) is 5.91 Å². The van der Waals surface area contributed by atoms with Gasteiger partial charge in [0.2, 0.25) is 5.91 Å². The first kappa shape index (κ1) is 18.0. The Hall–Kier alpha value is -3.34. The van der Waals surface area contributed by atoms with Crippen LogP contribution in [0.15, 0.2) is 71.1 Å². The molecule has 0 spiro atoms. The zero-order valence-electron chi connectivity index (χ0n) is 15.5. The highest BCUT2D eigenvalue weighted by atomic mass is 16.3. The summed E-state index contributed by atoms with van der Waals surface area (Å²) in [6, 6.07) is 21.0. The molecule has 1 aliphatic carbocycles. The molecule has 1 fully saturated rings. The lowest BCUT2D eigenvalue weighted by Gasteiger charge is -2.11. The summed E-state index contributed by atoms with van der Waals surface area (Å²) >= 11 is 0. The van der Waals surface area contributed by atoms with Crippen LogP contribution in [0.1, 0.15) is 35.4 Å². The number of hydrogen-bond donors (Lipinski definition) is 2. The molecule has 2 N–H and O–H groups in total. The number of hydrogen-bond acceptors (Lipinski definition) is 3. The lowest BCUT2D eigenvalue weighted by atomic mass is 10.1. The highest BCUT2D eigenvalue weighted by Crippen LogP contribution is 2.23. The molecule has 28 heavy (non-hydrogen) atoms. The molecule has 3 aromatic rings. The van der Waals surface area contributed by atoms with Crippen LogP contribution in [-0.4, -0.2) is 17.9 Å². The maximum atomic E-state index is 12.4. The minimum absolute atomic E-state index is 0.142. The molecule has 5 heteroatoms. The molecule has 0 bridgehead atoms. The first-order valence-corrected chi connectivity index (χ1v) is 9.53. The van der Waals surface area contributed by atoms with Gasteiger partial charge in [-0.05, 0) is 37.1 Å². The van der Waals surface area contributed by atoms with Crippen molar-refractivity contribution in [3.8, 4) is 11.3 Å². The Morgan fingerprint density at radius 2 is 1.68 bits per heavy atom. The SMILES string of the molecule is O=C(CCc1ccc(-c2ccccc2)o1)Nc1ccccc1C(=O)NC1CC1. The van der Waals surface area contributed by atoms with Gasteiger partial charge in [-0.25, -0.2) is 0 Å². The molecule has 0 radical (unpaired) electrons. The van der Waals surface area contributed by atoms with Crippen molar-refractivity contribution >= 4 is 17.5 Å². The monoisotopic (exact) mass is 374 g/mol. The lowest BCUT2D eigenvalue weighted by Crippen LogP contribution is -2.27. The number of furan rings is 1. The van der Waals surface area contributed by atoms with Gasteiger partial charge in [-0.2, -0.15) is 0 Å². The summed E-state index contributed by atoms with van der Waals surface area (Å²) in [6.45, 7) is 0. The Bertz CT molecular complexity index is 974. The van der Waals surface area contributed by atoms with E-state index < -0.39 is 0 Å². The average Bonchev–Trinajstić information content (AvgIpc) is 3.40. The summed E-state index contributed by atoms with van der Waals surface area (Å²) in [5, 5.41) is 5.81. The standard InChI is InChI=1S/C23H22N2O3/c26-22(15-13-18-12-14-21(28-18)16-6-2-1-3-7-16)25-20-9-5-4-8-19(20)23(27)24-17-10-11-17/h1-9,12,14,17H,10-11,13,15H2,(H,24,27)(H,25,26). The average molecular weight is 374 g/mol. The fourth-order valence-corrected chi connectivity index (χ4v) is 3.00. The molecule has 0 aliphatic heterocycles. The highest BCUT2D eigenvalue weighted by molar-refractivity contribution is 6.03. The minimum atomic E-state index is -0.149. The Kier molecular flexibility index (Phi) is 5.24. The van der Waals surface area contributed by atoms with Crippen molar-refractivity contribution in [1.82, 2.24) is 5.32 Å². The third-order valence-electron chi connectivity index (χ3n) is 4.68. The summed E-state index contributed by atoms with van der Waals surface area (Å²) in [4.78, 5) is 24.7. The predicted octanol–water partition coefficient (Wildman–Crippen LogP) is 4.41. The topological polar surface area (TPSA) is 71.3 Å². The van der Waals surface area contributed by atoms with Gasteiger partial charge >= 0.3 is 0 Å². The van der Waals surface area contributed by atoms with Crippen molar-refractivity contribution in [1.29, 1.82) is 0 Å². The van der Waals surface area contributed by atoms with E-state index in [1.807, 2.05) is 48.5 Å². The number of amides is 2. The van der Waals surface area contributed by atoms with Crippen LogP contribution in [0.4, 0.5) is 5.69 Å². The lowest BCUT2D eigenvalue weighted by molar-refractivity contribution is -0.116. The third-order valence-corrected chi connectivity index (χ3v) is 4.68. The molecular weight excluding hydrogens is 352 g/mol. The summed E-state index contributed by atoms with van der Waals surface area (Å²) in [7, 11) is 0. The number of para-hydroxylation sites is 1. The molecule has 2 aromatic carbocycles.